The van der Waals surface area contributed by atoms with Crippen molar-refractivity contribution in [2.45, 2.75) is 34.9 Å². The second-order valence-corrected chi connectivity index (χ2v) is 14.5. The van der Waals surface area contributed by atoms with E-state index in [0.29, 0.717) is 0 Å². The van der Waals surface area contributed by atoms with Gasteiger partial charge in [-0.05, 0) is 19.9 Å². The maximum atomic E-state index is 13.2. The van der Waals surface area contributed by atoms with Crippen LogP contribution in [0.3, 0.4) is 0 Å². The van der Waals surface area contributed by atoms with Crippen molar-refractivity contribution in [3.05, 3.63) is 33.8 Å². The molecule has 246 valence electrons. The fraction of sp³-hybridized carbons (Fsp3) is 0.360. The van der Waals surface area contributed by atoms with Crippen molar-refractivity contribution < 1.29 is 54.0 Å². The number of benzene rings is 1. The number of phenolic OH excluding ortho intramolecular Hbond substituents is 2. The minimum absolute atomic E-state index is 0.00257. The third-order valence-corrected chi connectivity index (χ3v) is 10.8. The Morgan fingerprint density at radius 2 is 1.89 bits per heavy atom. The number of carbonyl (C=O) groups excluding carboxylic acids is 4. The molecule has 3 atom stereocenters. The number of carbonyl (C=O) groups is 6. The summed E-state index contributed by atoms with van der Waals surface area (Å²) < 4.78 is -1.59. The van der Waals surface area contributed by atoms with Gasteiger partial charge in [-0.15, -0.1) is 34.9 Å². The molecule has 3 heterocycles. The molecular weight excluding hydrogens is 692 g/mol. The van der Waals surface area contributed by atoms with Crippen LogP contribution in [-0.2, 0) is 28.8 Å². The van der Waals surface area contributed by atoms with E-state index in [-0.39, 0.29) is 40.3 Å². The lowest BCUT2D eigenvalue weighted by Gasteiger charge is -2.41. The highest BCUT2D eigenvalue weighted by molar-refractivity contribution is 8.20. The lowest BCUT2D eigenvalue weighted by atomic mass is 10.1. The van der Waals surface area contributed by atoms with Gasteiger partial charge in [0.2, 0.25) is 11.5 Å². The summed E-state index contributed by atoms with van der Waals surface area (Å²) in [6, 6.07) is 0.569. The van der Waals surface area contributed by atoms with Gasteiger partial charge in [-0.2, -0.15) is 0 Å². The highest BCUT2D eigenvalue weighted by Crippen LogP contribution is 2.52. The summed E-state index contributed by atoms with van der Waals surface area (Å²) in [5.74, 6) is -7.58. The Kier molecular flexibility index (Phi) is 9.95. The van der Waals surface area contributed by atoms with Crippen LogP contribution in [0.5, 0.6) is 11.5 Å². The van der Waals surface area contributed by atoms with Gasteiger partial charge in [-0.1, -0.05) is 16.8 Å². The first kappa shape index (κ1) is 34.6. The van der Waals surface area contributed by atoms with Gasteiger partial charge in [0.15, 0.2) is 26.4 Å². The van der Waals surface area contributed by atoms with Crippen molar-refractivity contribution in [3.8, 4) is 11.5 Å². The molecule has 8 N–H and O–H groups in total. The molecule has 3 amide bonds. The Hall–Kier alpha value is -4.27. The number of oxime groups is 1. The van der Waals surface area contributed by atoms with Crippen molar-refractivity contribution in [1.82, 2.24) is 20.5 Å². The topological polar surface area (TPSA) is 271 Å². The largest absolute Gasteiger partial charge is 0.504 e. The molecule has 0 aliphatic carbocycles. The number of β-lactam (4-membered cyclic amide) rings is 1. The van der Waals surface area contributed by atoms with Crippen LogP contribution < -0.4 is 16.4 Å². The monoisotopic (exact) mass is 716 g/mol. The molecule has 0 spiro atoms. The van der Waals surface area contributed by atoms with Crippen LogP contribution in [0, 0.1) is 0 Å². The number of nitrogens with one attached hydrogen (secondary N) is 2. The molecular formula is C25H25ClN6O11S3. The Morgan fingerprint density at radius 3 is 2.50 bits per heavy atom. The molecule has 4 rings (SSSR count). The third-order valence-electron chi connectivity index (χ3n) is 6.54. The molecule has 21 heteroatoms. The van der Waals surface area contributed by atoms with E-state index in [1.807, 2.05) is 0 Å². The van der Waals surface area contributed by atoms with E-state index in [1.165, 1.54) is 24.1 Å². The number of ketones is 1. The van der Waals surface area contributed by atoms with Crippen molar-refractivity contribution in [1.29, 1.82) is 0 Å². The molecule has 2 saturated heterocycles. The SMILES string of the molecule is CC(C)(O/N=C(\C(=O)N[C@@H]1C(=O)N2C[C@](SCCNC(=O)C(=O)c3cc(O)c(O)cc3Cl)(C(=O)O)S[C@H]12)c1csc(N)n1)C(=O)O. The summed E-state index contributed by atoms with van der Waals surface area (Å²) in [6.07, 6.45) is 0. The van der Waals surface area contributed by atoms with Gasteiger partial charge in [0.05, 0.1) is 17.1 Å². The van der Waals surface area contributed by atoms with Gasteiger partial charge >= 0.3 is 11.9 Å². The van der Waals surface area contributed by atoms with Crippen molar-refractivity contribution in [3.63, 3.8) is 0 Å². The highest BCUT2D eigenvalue weighted by Gasteiger charge is 2.62. The average molecular weight is 717 g/mol. The van der Waals surface area contributed by atoms with Gasteiger partial charge in [0, 0.05) is 23.7 Å². The smallest absolute Gasteiger partial charge is 0.350 e. The van der Waals surface area contributed by atoms with Gasteiger partial charge < -0.3 is 46.5 Å². The van der Waals surface area contributed by atoms with Crippen LogP contribution in [0.25, 0.3) is 0 Å². The molecule has 2 aliphatic rings. The molecule has 0 saturated carbocycles. The van der Waals surface area contributed by atoms with E-state index < -0.39 is 73.7 Å². The summed E-state index contributed by atoms with van der Waals surface area (Å²) in [6.45, 7) is 2.02. The zero-order valence-electron chi connectivity index (χ0n) is 23.7. The number of carboxylic acids is 2. The minimum Gasteiger partial charge on any atom is -0.504 e. The standard InChI is InChI=1S/C25H25ClN6O11S3/c1-24(2,21(39)40)43-31-14(11-7-44-23(27)29-11)17(36)30-15-19(38)32-8-25(22(41)42,46-20(15)32)45-4-3-28-18(37)16(35)9-5-12(33)13(34)6-10(9)26/h5-7,15,20,33-34H,3-4,8H2,1-2H3,(H2,27,29)(H,28,37)(H,30,36)(H,39,40)(H,41,42)/b31-14-/t15-,20-,25-/m1/s1. The molecule has 0 bridgehead atoms. The molecule has 0 unspecified atom stereocenters. The average Bonchev–Trinajstić information content (AvgIpc) is 3.57. The summed E-state index contributed by atoms with van der Waals surface area (Å²) in [5.41, 5.74) is 3.00. The number of fused-ring (bicyclic) bond motifs is 1. The number of aromatic hydroxyl groups is 2. The number of nitrogen functional groups attached to an aromatic ring is 1. The van der Waals surface area contributed by atoms with Crippen molar-refractivity contribution in [2.75, 3.05) is 24.6 Å². The van der Waals surface area contributed by atoms with Crippen LogP contribution in [0.1, 0.15) is 29.9 Å². The number of rotatable bonds is 13. The van der Waals surface area contributed by atoms with E-state index in [0.717, 1.165) is 47.0 Å². The summed E-state index contributed by atoms with van der Waals surface area (Å²) in [5, 5.41) is 47.4. The predicted octanol–water partition coefficient (Wildman–Crippen LogP) is 0.287. The number of anilines is 1. The van der Waals surface area contributed by atoms with Crippen LogP contribution >= 0.6 is 46.5 Å². The highest BCUT2D eigenvalue weighted by atomic mass is 35.5. The molecule has 1 aromatic heterocycles. The number of carboxylic acid groups (broad SMARTS) is 2. The fourth-order valence-electron chi connectivity index (χ4n) is 3.99. The first-order valence-electron chi connectivity index (χ1n) is 12.9. The zero-order valence-corrected chi connectivity index (χ0v) is 26.9. The zero-order chi connectivity index (χ0) is 34.1. The number of aromatic nitrogens is 1. The molecule has 46 heavy (non-hydrogen) atoms. The number of thioether (sulfide) groups is 2. The van der Waals surface area contributed by atoms with Gasteiger partial charge in [0.25, 0.3) is 17.6 Å². The van der Waals surface area contributed by atoms with Gasteiger partial charge in [-0.3, -0.25) is 19.2 Å². The summed E-state index contributed by atoms with van der Waals surface area (Å²) >= 11 is 8.65. The van der Waals surface area contributed by atoms with Crippen LogP contribution in [0.2, 0.25) is 5.02 Å². The lowest BCUT2D eigenvalue weighted by Crippen LogP contribution is -2.68. The van der Waals surface area contributed by atoms with E-state index in [9.17, 15) is 49.2 Å². The first-order valence-corrected chi connectivity index (χ1v) is 16.0. The summed E-state index contributed by atoms with van der Waals surface area (Å²) in [4.78, 5) is 85.0. The molecule has 17 nitrogen and oxygen atoms in total. The van der Waals surface area contributed by atoms with E-state index in [1.54, 1.807) is 0 Å². The fourth-order valence-corrected chi connectivity index (χ4v) is 7.82. The number of hydrogen-bond acceptors (Lipinski definition) is 15. The maximum absolute atomic E-state index is 13.2. The van der Waals surface area contributed by atoms with Crippen LogP contribution in [0.4, 0.5) is 5.13 Å². The number of amides is 3. The number of nitrogens with zero attached hydrogens (tertiary/aromatic N) is 3. The number of thiazole rings is 1. The Bertz CT molecular complexity index is 1670. The first-order chi connectivity index (χ1) is 21.5. The molecule has 2 aromatic rings. The van der Waals surface area contributed by atoms with Gasteiger partial charge in [-0.25, -0.2) is 14.6 Å². The number of aliphatic carboxylic acids is 2. The number of phenols is 2. The molecule has 2 aliphatic heterocycles. The predicted molar refractivity (Wildman–Crippen MR) is 166 cm³/mol. The number of Topliss-reactive ketones (excluding diaryl/α,β-unsaturated/α-hetero) is 1. The Morgan fingerprint density at radius 1 is 1.22 bits per heavy atom. The van der Waals surface area contributed by atoms with Gasteiger partial charge in [0.1, 0.15) is 17.1 Å². The number of halogens is 1. The second-order valence-electron chi connectivity index (χ2n) is 10.2. The van der Waals surface area contributed by atoms with E-state index in [4.69, 9.17) is 22.2 Å². The Balaban J connectivity index is 1.39. The van der Waals surface area contributed by atoms with E-state index in [2.05, 4.69) is 20.8 Å². The number of hydrogen-bond donors (Lipinski definition) is 7. The summed E-state index contributed by atoms with van der Waals surface area (Å²) in [7, 11) is 0. The van der Waals surface area contributed by atoms with Crippen LogP contribution in [-0.4, -0.2) is 111 Å². The maximum Gasteiger partial charge on any atom is 0.350 e. The third kappa shape index (κ3) is 6.93. The minimum atomic E-state index is -1.82. The van der Waals surface area contributed by atoms with Crippen molar-refractivity contribution >= 4 is 92.7 Å². The number of nitrogens with two attached hydrogens (primary N) is 1. The molecule has 2 fully saturated rings. The lowest BCUT2D eigenvalue weighted by molar-refractivity contribution is -0.161. The quantitative estimate of drug-likeness (QED) is 0.0279. The van der Waals surface area contributed by atoms with Crippen LogP contribution in [0.15, 0.2) is 22.7 Å². The van der Waals surface area contributed by atoms with Crippen molar-refractivity contribution in [2.24, 2.45) is 5.16 Å². The molecule has 1 aromatic carbocycles. The normalized spacial score (nSPS) is 20.8. The molecule has 0 radical (unpaired) electrons. The van der Waals surface area contributed by atoms with E-state index >= 15 is 0 Å². The Labute approximate surface area is 276 Å². The second kappa shape index (κ2) is 13.2.